The minimum Gasteiger partial charge on any atom is -0.390 e. The second kappa shape index (κ2) is 11.5. The zero-order chi connectivity index (χ0) is 23.9. The van der Waals surface area contributed by atoms with Gasteiger partial charge < -0.3 is 15.7 Å². The number of aliphatic hydroxyl groups is 1. The molecule has 0 aliphatic rings. The first-order valence-corrected chi connectivity index (χ1v) is 12.5. The molecule has 2 rings (SSSR count). The highest BCUT2D eigenvalue weighted by atomic mass is 16.3. The second-order valence-corrected chi connectivity index (χ2v) is 11.2. The maximum Gasteiger partial charge on any atom is 0.127 e. The summed E-state index contributed by atoms with van der Waals surface area (Å²) in [5, 5.41) is 11.5. The summed E-state index contributed by atoms with van der Waals surface area (Å²) in [4.78, 5) is 7.24. The van der Waals surface area contributed by atoms with Crippen LogP contribution < -0.4 is 5.73 Å². The Bertz CT molecular complexity index is 862. The monoisotopic (exact) mass is 441 g/mol. The van der Waals surface area contributed by atoms with Gasteiger partial charge in [-0.2, -0.15) is 0 Å². The number of hydrogen-bond acceptors (Lipinski definition) is 4. The highest BCUT2D eigenvalue weighted by Gasteiger charge is 2.17. The van der Waals surface area contributed by atoms with Gasteiger partial charge in [0.25, 0.3) is 0 Å². The van der Waals surface area contributed by atoms with Crippen molar-refractivity contribution in [1.82, 2.24) is 9.88 Å². The van der Waals surface area contributed by atoms with Crippen LogP contribution in [0.4, 0.5) is 5.82 Å². The van der Waals surface area contributed by atoms with E-state index in [2.05, 4.69) is 57.8 Å². The summed E-state index contributed by atoms with van der Waals surface area (Å²) in [6.45, 7) is 13.9. The van der Waals surface area contributed by atoms with Crippen molar-refractivity contribution in [2.24, 2.45) is 0 Å². The van der Waals surface area contributed by atoms with Crippen LogP contribution in [0.25, 0.3) is 10.9 Å². The molecule has 0 fully saturated rings. The van der Waals surface area contributed by atoms with Crippen LogP contribution in [0.15, 0.2) is 18.2 Å². The van der Waals surface area contributed by atoms with Crippen molar-refractivity contribution in [3.63, 3.8) is 0 Å². The number of anilines is 1. The minimum absolute atomic E-state index is 0.212. The quantitative estimate of drug-likeness (QED) is 0.379. The number of fused-ring (bicyclic) bond motifs is 1. The van der Waals surface area contributed by atoms with Gasteiger partial charge in [-0.3, -0.25) is 0 Å². The molecule has 2 aromatic rings. The summed E-state index contributed by atoms with van der Waals surface area (Å²) in [6.07, 6.45) is 9.50. The van der Waals surface area contributed by atoms with Gasteiger partial charge in [0.05, 0.1) is 11.1 Å². The van der Waals surface area contributed by atoms with E-state index in [-0.39, 0.29) is 5.54 Å². The normalized spacial score (nSPS) is 12.8. The molecule has 0 spiro atoms. The zero-order valence-electron chi connectivity index (χ0n) is 21.7. The van der Waals surface area contributed by atoms with Crippen molar-refractivity contribution in [1.29, 1.82) is 0 Å². The van der Waals surface area contributed by atoms with Crippen molar-refractivity contribution in [2.75, 3.05) is 19.3 Å². The molecule has 1 aromatic carbocycles. The molecule has 0 atom stereocenters. The maximum absolute atomic E-state index is 10.3. The molecular weight excluding hydrogens is 394 g/mol. The van der Waals surface area contributed by atoms with E-state index in [0.29, 0.717) is 5.82 Å². The van der Waals surface area contributed by atoms with Crippen molar-refractivity contribution in [3.05, 3.63) is 34.9 Å². The Labute approximate surface area is 196 Å². The van der Waals surface area contributed by atoms with E-state index < -0.39 is 5.60 Å². The summed E-state index contributed by atoms with van der Waals surface area (Å²) >= 11 is 0. The Morgan fingerprint density at radius 2 is 1.59 bits per heavy atom. The van der Waals surface area contributed by atoms with Gasteiger partial charge in [0, 0.05) is 10.9 Å². The van der Waals surface area contributed by atoms with E-state index in [0.717, 1.165) is 56.1 Å². The van der Waals surface area contributed by atoms with Gasteiger partial charge in [-0.05, 0) is 122 Å². The first kappa shape index (κ1) is 26.6. The standard InChI is InChI=1S/C28H47N3O/c1-8-9-10-14-23-20-24-22(15-16-28(5,6)32)18-21(19-25(24)30-26(23)29)13-11-12-17-31(7)27(2,3)4/h18-20,32H,8-17H2,1-7H3,(H2,29,30). The molecule has 0 unspecified atom stereocenters. The zero-order valence-corrected chi connectivity index (χ0v) is 21.7. The Morgan fingerprint density at radius 3 is 2.22 bits per heavy atom. The Hall–Kier alpha value is -1.65. The van der Waals surface area contributed by atoms with Crippen LogP contribution in [0.3, 0.4) is 0 Å². The number of nitrogens with two attached hydrogens (primary N) is 1. The average Bonchev–Trinajstić information content (AvgIpc) is 2.68. The number of aryl methyl sites for hydroxylation is 3. The molecule has 0 bridgehead atoms. The van der Waals surface area contributed by atoms with Crippen LogP contribution >= 0.6 is 0 Å². The Morgan fingerprint density at radius 1 is 0.906 bits per heavy atom. The molecule has 0 radical (unpaired) electrons. The Balaban J connectivity index is 2.24. The van der Waals surface area contributed by atoms with Crippen LogP contribution in [-0.2, 0) is 19.3 Å². The van der Waals surface area contributed by atoms with E-state index in [1.165, 1.54) is 35.8 Å². The van der Waals surface area contributed by atoms with Crippen LogP contribution in [-0.4, -0.2) is 39.7 Å². The molecule has 0 saturated carbocycles. The molecule has 1 heterocycles. The van der Waals surface area contributed by atoms with Crippen molar-refractivity contribution >= 4 is 16.7 Å². The highest BCUT2D eigenvalue weighted by Crippen LogP contribution is 2.28. The lowest BCUT2D eigenvalue weighted by Gasteiger charge is -2.31. The molecule has 0 aliphatic heterocycles. The minimum atomic E-state index is -0.676. The van der Waals surface area contributed by atoms with Gasteiger partial charge in [-0.1, -0.05) is 25.8 Å². The molecule has 32 heavy (non-hydrogen) atoms. The van der Waals surface area contributed by atoms with Gasteiger partial charge in [0.1, 0.15) is 5.82 Å². The number of pyridine rings is 1. The van der Waals surface area contributed by atoms with Gasteiger partial charge in [0.15, 0.2) is 0 Å². The molecule has 0 saturated heterocycles. The third kappa shape index (κ3) is 8.37. The number of nitrogen functional groups attached to an aromatic ring is 1. The highest BCUT2D eigenvalue weighted by molar-refractivity contribution is 5.85. The summed E-state index contributed by atoms with van der Waals surface area (Å²) in [7, 11) is 2.20. The molecule has 4 nitrogen and oxygen atoms in total. The molecule has 1 aromatic heterocycles. The van der Waals surface area contributed by atoms with Gasteiger partial charge in [0.2, 0.25) is 0 Å². The van der Waals surface area contributed by atoms with E-state index in [4.69, 9.17) is 10.7 Å². The van der Waals surface area contributed by atoms with Gasteiger partial charge in [-0.25, -0.2) is 4.98 Å². The Kier molecular flexibility index (Phi) is 9.53. The van der Waals surface area contributed by atoms with Crippen molar-refractivity contribution in [2.45, 2.75) is 110 Å². The maximum atomic E-state index is 10.3. The first-order chi connectivity index (χ1) is 14.9. The first-order valence-electron chi connectivity index (χ1n) is 12.5. The second-order valence-electron chi connectivity index (χ2n) is 11.2. The fourth-order valence-electron chi connectivity index (χ4n) is 4.04. The number of hydrogen-bond donors (Lipinski definition) is 2. The third-order valence-corrected chi connectivity index (χ3v) is 6.60. The molecule has 4 heteroatoms. The summed E-state index contributed by atoms with van der Waals surface area (Å²) in [6, 6.07) is 6.83. The van der Waals surface area contributed by atoms with Crippen molar-refractivity contribution in [3.8, 4) is 0 Å². The van der Waals surface area contributed by atoms with Gasteiger partial charge >= 0.3 is 0 Å². The third-order valence-electron chi connectivity index (χ3n) is 6.60. The number of benzene rings is 1. The van der Waals surface area contributed by atoms with E-state index in [1.54, 1.807) is 0 Å². The molecular formula is C28H47N3O. The fourth-order valence-corrected chi connectivity index (χ4v) is 4.04. The van der Waals surface area contributed by atoms with Crippen LogP contribution in [0, 0.1) is 0 Å². The molecule has 3 N–H and O–H groups in total. The summed E-state index contributed by atoms with van der Waals surface area (Å²) < 4.78 is 0. The molecule has 0 amide bonds. The lowest BCUT2D eigenvalue weighted by Crippen LogP contribution is -2.38. The van der Waals surface area contributed by atoms with Crippen LogP contribution in [0.5, 0.6) is 0 Å². The number of nitrogens with zero attached hydrogens (tertiary/aromatic N) is 2. The van der Waals surface area contributed by atoms with Crippen LogP contribution in [0.2, 0.25) is 0 Å². The summed E-state index contributed by atoms with van der Waals surface area (Å²) in [5.41, 5.74) is 10.7. The SMILES string of the molecule is CCCCCc1cc2c(CCC(C)(C)O)cc(CCCCN(C)C(C)(C)C)cc2nc1N. The lowest BCUT2D eigenvalue weighted by atomic mass is 9.92. The van der Waals surface area contributed by atoms with Crippen molar-refractivity contribution < 1.29 is 5.11 Å². The van der Waals surface area contributed by atoms with Crippen LogP contribution in [0.1, 0.15) is 96.8 Å². The predicted octanol–water partition coefficient (Wildman–Crippen LogP) is 6.31. The van der Waals surface area contributed by atoms with E-state index in [9.17, 15) is 5.11 Å². The van der Waals surface area contributed by atoms with E-state index >= 15 is 0 Å². The number of unbranched alkanes of at least 4 members (excludes halogenated alkanes) is 3. The predicted molar refractivity (Wildman–Crippen MR) is 139 cm³/mol. The fraction of sp³-hybridized carbons (Fsp3) is 0.679. The lowest BCUT2D eigenvalue weighted by molar-refractivity contribution is 0.0715. The summed E-state index contributed by atoms with van der Waals surface area (Å²) in [5.74, 6) is 0.672. The average molecular weight is 442 g/mol. The number of aromatic nitrogens is 1. The van der Waals surface area contributed by atoms with E-state index in [1.807, 2.05) is 13.8 Å². The van der Waals surface area contributed by atoms with Gasteiger partial charge in [-0.15, -0.1) is 0 Å². The largest absolute Gasteiger partial charge is 0.390 e. The molecule has 180 valence electrons. The topological polar surface area (TPSA) is 62.4 Å². The smallest absolute Gasteiger partial charge is 0.127 e. The molecule has 0 aliphatic carbocycles. The number of rotatable bonds is 12.